The highest BCUT2D eigenvalue weighted by atomic mass is 32.1. The third-order valence-corrected chi connectivity index (χ3v) is 4.56. The highest BCUT2D eigenvalue weighted by molar-refractivity contribution is 7.10. The van der Waals surface area contributed by atoms with E-state index in [0.717, 1.165) is 5.69 Å². The van der Waals surface area contributed by atoms with E-state index in [1.165, 1.54) is 10.4 Å². The van der Waals surface area contributed by atoms with Crippen molar-refractivity contribution in [3.05, 3.63) is 88.4 Å². The second-order valence-electron chi connectivity index (χ2n) is 5.00. The van der Waals surface area contributed by atoms with Crippen LogP contribution in [-0.2, 0) is 0 Å². The normalized spacial score (nSPS) is 13.8. The van der Waals surface area contributed by atoms with E-state index in [-0.39, 0.29) is 12.1 Å². The number of benzene rings is 1. The molecule has 0 radical (unpaired) electrons. The lowest BCUT2D eigenvalue weighted by Crippen LogP contribution is -2.25. The molecule has 1 N–H and O–H groups in total. The summed E-state index contributed by atoms with van der Waals surface area (Å²) in [6, 6.07) is 21.2. The van der Waals surface area contributed by atoms with Gasteiger partial charge in [0.1, 0.15) is 0 Å². The van der Waals surface area contributed by atoms with Gasteiger partial charge in [-0.1, -0.05) is 42.5 Å². The van der Waals surface area contributed by atoms with Gasteiger partial charge in [-0.05, 0) is 36.1 Å². The molecule has 106 valence electrons. The molecule has 3 heteroatoms. The summed E-state index contributed by atoms with van der Waals surface area (Å²) in [6.45, 7) is 2.20. The molecule has 0 fully saturated rings. The molecule has 2 nitrogen and oxygen atoms in total. The summed E-state index contributed by atoms with van der Waals surface area (Å²) in [6.07, 6.45) is 1.85. The first-order chi connectivity index (χ1) is 10.3. The molecule has 0 aliphatic rings. The number of nitrogens with zero attached hydrogens (tertiary/aromatic N) is 1. The second-order valence-corrected chi connectivity index (χ2v) is 5.98. The van der Waals surface area contributed by atoms with Gasteiger partial charge in [0.25, 0.3) is 0 Å². The molecular formula is C18H18N2S. The first-order valence-corrected chi connectivity index (χ1v) is 7.98. The van der Waals surface area contributed by atoms with Gasteiger partial charge in [0, 0.05) is 17.1 Å². The predicted molar refractivity (Wildman–Crippen MR) is 88.4 cm³/mol. The molecule has 0 spiro atoms. The molecular weight excluding hydrogens is 276 g/mol. The lowest BCUT2D eigenvalue weighted by molar-refractivity contribution is 0.514. The van der Waals surface area contributed by atoms with Crippen molar-refractivity contribution in [3.63, 3.8) is 0 Å². The fraction of sp³-hybridized carbons (Fsp3) is 0.167. The Morgan fingerprint density at radius 2 is 1.76 bits per heavy atom. The zero-order chi connectivity index (χ0) is 14.5. The van der Waals surface area contributed by atoms with E-state index in [2.05, 4.69) is 65.1 Å². The highest BCUT2D eigenvalue weighted by Crippen LogP contribution is 2.26. The van der Waals surface area contributed by atoms with E-state index in [4.69, 9.17) is 0 Å². The molecule has 3 aromatic rings. The maximum atomic E-state index is 4.53. The highest BCUT2D eigenvalue weighted by Gasteiger charge is 2.18. The van der Waals surface area contributed by atoms with Gasteiger partial charge in [-0.15, -0.1) is 11.3 Å². The van der Waals surface area contributed by atoms with Crippen LogP contribution in [-0.4, -0.2) is 4.98 Å². The van der Waals surface area contributed by atoms with Gasteiger partial charge in [-0.2, -0.15) is 0 Å². The topological polar surface area (TPSA) is 24.9 Å². The van der Waals surface area contributed by atoms with E-state index < -0.39 is 0 Å². The molecule has 21 heavy (non-hydrogen) atoms. The molecule has 1 unspecified atom stereocenters. The van der Waals surface area contributed by atoms with Gasteiger partial charge in [0.2, 0.25) is 0 Å². The molecule has 0 saturated carbocycles. The van der Waals surface area contributed by atoms with Gasteiger partial charge in [0.15, 0.2) is 0 Å². The number of thiophene rings is 1. The average Bonchev–Trinajstić information content (AvgIpc) is 3.09. The Balaban J connectivity index is 1.90. The van der Waals surface area contributed by atoms with Crippen molar-refractivity contribution in [2.75, 3.05) is 0 Å². The van der Waals surface area contributed by atoms with Crippen LogP contribution in [0, 0.1) is 0 Å². The summed E-state index contributed by atoms with van der Waals surface area (Å²) in [5.41, 5.74) is 2.28. The fourth-order valence-electron chi connectivity index (χ4n) is 2.41. The Hall–Kier alpha value is -1.97. The zero-order valence-corrected chi connectivity index (χ0v) is 12.8. The standard InChI is InChI=1S/C18H18N2S/c1-14(17-11-7-13-21-17)20-18(15-8-3-2-4-9-15)16-10-5-6-12-19-16/h2-14,18,20H,1H3/t14-,18?/m0/s1. The van der Waals surface area contributed by atoms with Crippen molar-refractivity contribution in [1.29, 1.82) is 0 Å². The van der Waals surface area contributed by atoms with Crippen LogP contribution in [0.2, 0.25) is 0 Å². The lowest BCUT2D eigenvalue weighted by atomic mass is 10.0. The van der Waals surface area contributed by atoms with Gasteiger partial charge < -0.3 is 0 Å². The van der Waals surface area contributed by atoms with Crippen molar-refractivity contribution in [2.24, 2.45) is 0 Å². The average molecular weight is 294 g/mol. The smallest absolute Gasteiger partial charge is 0.0756 e. The van der Waals surface area contributed by atoms with Crippen molar-refractivity contribution in [2.45, 2.75) is 19.0 Å². The minimum atomic E-state index is 0.101. The van der Waals surface area contributed by atoms with Crippen LogP contribution in [0.25, 0.3) is 0 Å². The largest absolute Gasteiger partial charge is 0.298 e. The molecule has 1 aromatic carbocycles. The third-order valence-electron chi connectivity index (χ3n) is 3.50. The molecule has 0 saturated heterocycles. The summed E-state index contributed by atoms with van der Waals surface area (Å²) in [5.74, 6) is 0. The Morgan fingerprint density at radius 1 is 0.952 bits per heavy atom. The van der Waals surface area contributed by atoms with Gasteiger partial charge in [-0.25, -0.2) is 0 Å². The van der Waals surface area contributed by atoms with Crippen LogP contribution >= 0.6 is 11.3 Å². The number of rotatable bonds is 5. The zero-order valence-electron chi connectivity index (χ0n) is 11.9. The molecule has 3 rings (SSSR count). The summed E-state index contributed by atoms with van der Waals surface area (Å²) in [7, 11) is 0. The Labute approximate surface area is 129 Å². The number of hydrogen-bond acceptors (Lipinski definition) is 3. The summed E-state index contributed by atoms with van der Waals surface area (Å²) in [5, 5.41) is 5.82. The van der Waals surface area contributed by atoms with Crippen LogP contribution in [0.5, 0.6) is 0 Å². The van der Waals surface area contributed by atoms with Crippen molar-refractivity contribution >= 4 is 11.3 Å². The van der Waals surface area contributed by atoms with Gasteiger partial charge in [0.05, 0.1) is 11.7 Å². The van der Waals surface area contributed by atoms with Crippen LogP contribution in [0.4, 0.5) is 0 Å². The SMILES string of the molecule is C[C@H](NC(c1ccccc1)c1ccccn1)c1cccs1. The minimum absolute atomic E-state index is 0.101. The molecule has 0 aliphatic heterocycles. The predicted octanol–water partition coefficient (Wildman–Crippen LogP) is 4.58. The minimum Gasteiger partial charge on any atom is -0.298 e. The van der Waals surface area contributed by atoms with Crippen LogP contribution in [0.3, 0.4) is 0 Å². The number of nitrogens with one attached hydrogen (secondary N) is 1. The maximum Gasteiger partial charge on any atom is 0.0756 e. The Morgan fingerprint density at radius 3 is 2.43 bits per heavy atom. The summed E-state index contributed by atoms with van der Waals surface area (Å²) >= 11 is 1.78. The van der Waals surface area contributed by atoms with E-state index >= 15 is 0 Å². The number of pyridine rings is 1. The van der Waals surface area contributed by atoms with E-state index in [1.807, 2.05) is 24.4 Å². The monoisotopic (exact) mass is 294 g/mol. The van der Waals surface area contributed by atoms with Crippen molar-refractivity contribution in [3.8, 4) is 0 Å². The van der Waals surface area contributed by atoms with Crippen LogP contribution < -0.4 is 5.32 Å². The molecule has 2 aromatic heterocycles. The van der Waals surface area contributed by atoms with Crippen molar-refractivity contribution < 1.29 is 0 Å². The molecule has 2 atom stereocenters. The van der Waals surface area contributed by atoms with Crippen LogP contribution in [0.1, 0.15) is 35.1 Å². The summed E-state index contributed by atoms with van der Waals surface area (Å²) in [4.78, 5) is 5.87. The maximum absolute atomic E-state index is 4.53. The van der Waals surface area contributed by atoms with Crippen LogP contribution in [0.15, 0.2) is 72.2 Å². The Bertz CT molecular complexity index is 611. The van der Waals surface area contributed by atoms with E-state index in [0.29, 0.717) is 0 Å². The van der Waals surface area contributed by atoms with Gasteiger partial charge >= 0.3 is 0 Å². The first kappa shape index (κ1) is 14.0. The molecule has 0 aliphatic carbocycles. The molecule has 2 heterocycles. The van der Waals surface area contributed by atoms with Gasteiger partial charge in [-0.3, -0.25) is 10.3 Å². The first-order valence-electron chi connectivity index (χ1n) is 7.10. The number of aromatic nitrogens is 1. The summed E-state index contributed by atoms with van der Waals surface area (Å²) < 4.78 is 0. The van der Waals surface area contributed by atoms with Crippen molar-refractivity contribution in [1.82, 2.24) is 10.3 Å². The molecule has 0 amide bonds. The second kappa shape index (κ2) is 6.66. The van der Waals surface area contributed by atoms with E-state index in [1.54, 1.807) is 11.3 Å². The third kappa shape index (κ3) is 3.38. The van der Waals surface area contributed by atoms with E-state index in [9.17, 15) is 0 Å². The molecule has 0 bridgehead atoms. The fourth-order valence-corrected chi connectivity index (χ4v) is 3.16. The Kier molecular flexibility index (Phi) is 4.43. The quantitative estimate of drug-likeness (QED) is 0.745. The lowest BCUT2D eigenvalue weighted by Gasteiger charge is -2.23. The number of hydrogen-bond donors (Lipinski definition) is 1.